The van der Waals surface area contributed by atoms with Crippen LogP contribution in [0.3, 0.4) is 0 Å². The molecule has 16 heavy (non-hydrogen) atoms. The van der Waals surface area contributed by atoms with Gasteiger partial charge in [0.25, 0.3) is 0 Å². The average molecular weight is 217 g/mol. The van der Waals surface area contributed by atoms with Gasteiger partial charge in [-0.2, -0.15) is 5.26 Å². The molecular weight excluding hydrogens is 198 g/mol. The molecular formula is C14H19NO. The average Bonchev–Trinajstić information content (AvgIpc) is 2.31. The number of hydrogen-bond acceptors (Lipinski definition) is 2. The summed E-state index contributed by atoms with van der Waals surface area (Å²) in [5.74, 6) is 0. The lowest BCUT2D eigenvalue weighted by Gasteiger charge is -2.06. The third-order valence-electron chi connectivity index (χ3n) is 2.67. The van der Waals surface area contributed by atoms with Crippen LogP contribution in [-0.4, -0.2) is 13.2 Å². The number of unbranched alkanes of at least 4 members (excludes halogenated alkanes) is 1. The maximum absolute atomic E-state index is 8.82. The summed E-state index contributed by atoms with van der Waals surface area (Å²) >= 11 is 0. The zero-order valence-electron chi connectivity index (χ0n) is 10.1. The van der Waals surface area contributed by atoms with E-state index in [1.54, 1.807) is 0 Å². The molecule has 1 rings (SSSR count). The third kappa shape index (κ3) is 4.04. The molecule has 86 valence electrons. The smallest absolute Gasteiger partial charge is 0.0991 e. The molecule has 2 nitrogen and oxygen atoms in total. The fourth-order valence-corrected chi connectivity index (χ4v) is 1.67. The minimum absolute atomic E-state index is 0.755. The Bertz CT molecular complexity index is 365. The van der Waals surface area contributed by atoms with Gasteiger partial charge in [-0.3, -0.25) is 0 Å². The van der Waals surface area contributed by atoms with Crippen molar-refractivity contribution >= 4 is 0 Å². The Labute approximate surface area is 97.9 Å². The molecule has 0 radical (unpaired) electrons. The lowest BCUT2D eigenvalue weighted by Crippen LogP contribution is -1.96. The first-order valence-corrected chi connectivity index (χ1v) is 5.85. The van der Waals surface area contributed by atoms with Crippen molar-refractivity contribution in [2.24, 2.45) is 0 Å². The lowest BCUT2D eigenvalue weighted by atomic mass is 10.0. The second-order valence-corrected chi connectivity index (χ2v) is 3.91. The first kappa shape index (κ1) is 12.7. The Balaban J connectivity index is 2.44. The van der Waals surface area contributed by atoms with E-state index in [9.17, 15) is 0 Å². The summed E-state index contributed by atoms with van der Waals surface area (Å²) in [6, 6.07) is 8.07. The van der Waals surface area contributed by atoms with Gasteiger partial charge in [0, 0.05) is 13.2 Å². The molecule has 0 heterocycles. The zero-order valence-corrected chi connectivity index (χ0v) is 10.1. The van der Waals surface area contributed by atoms with E-state index < -0.39 is 0 Å². The van der Waals surface area contributed by atoms with E-state index in [0.717, 1.165) is 38.0 Å². The van der Waals surface area contributed by atoms with Crippen molar-refractivity contribution in [2.75, 3.05) is 13.2 Å². The highest BCUT2D eigenvalue weighted by molar-refractivity contribution is 5.37. The van der Waals surface area contributed by atoms with Crippen molar-refractivity contribution < 1.29 is 4.74 Å². The van der Waals surface area contributed by atoms with Gasteiger partial charge in [-0.05, 0) is 56.4 Å². The molecule has 0 atom stereocenters. The van der Waals surface area contributed by atoms with Crippen molar-refractivity contribution in [1.29, 1.82) is 5.26 Å². The van der Waals surface area contributed by atoms with Crippen LogP contribution in [0.25, 0.3) is 0 Å². The number of rotatable bonds is 6. The Morgan fingerprint density at radius 1 is 1.31 bits per heavy atom. The van der Waals surface area contributed by atoms with Crippen LogP contribution >= 0.6 is 0 Å². The number of benzene rings is 1. The molecule has 0 bridgehead atoms. The Kier molecular flexibility index (Phi) is 5.60. The van der Waals surface area contributed by atoms with Crippen LogP contribution in [0.1, 0.15) is 36.5 Å². The molecule has 0 unspecified atom stereocenters. The maximum Gasteiger partial charge on any atom is 0.0991 e. The fourth-order valence-electron chi connectivity index (χ4n) is 1.67. The SMILES string of the molecule is CCOCCCCc1cc(C#N)ccc1C. The van der Waals surface area contributed by atoms with E-state index >= 15 is 0 Å². The summed E-state index contributed by atoms with van der Waals surface area (Å²) in [7, 11) is 0. The van der Waals surface area contributed by atoms with E-state index in [-0.39, 0.29) is 0 Å². The summed E-state index contributed by atoms with van der Waals surface area (Å²) in [5, 5.41) is 8.82. The van der Waals surface area contributed by atoms with E-state index in [2.05, 4.69) is 13.0 Å². The normalized spacial score (nSPS) is 10.1. The predicted octanol–water partition coefficient (Wildman–Crippen LogP) is 3.23. The summed E-state index contributed by atoms with van der Waals surface area (Å²) < 4.78 is 5.29. The third-order valence-corrected chi connectivity index (χ3v) is 2.67. The number of hydrogen-bond donors (Lipinski definition) is 0. The van der Waals surface area contributed by atoms with Crippen molar-refractivity contribution in [1.82, 2.24) is 0 Å². The Morgan fingerprint density at radius 3 is 2.81 bits per heavy atom. The molecule has 2 heteroatoms. The predicted molar refractivity (Wildman–Crippen MR) is 65.3 cm³/mol. The highest BCUT2D eigenvalue weighted by Gasteiger charge is 2.00. The van der Waals surface area contributed by atoms with Gasteiger partial charge < -0.3 is 4.74 Å². The quantitative estimate of drug-likeness (QED) is 0.685. The monoisotopic (exact) mass is 217 g/mol. The van der Waals surface area contributed by atoms with Gasteiger partial charge in [-0.1, -0.05) is 6.07 Å². The fraction of sp³-hybridized carbons (Fsp3) is 0.500. The number of aryl methyl sites for hydroxylation is 2. The molecule has 0 N–H and O–H groups in total. The molecule has 0 aliphatic carbocycles. The van der Waals surface area contributed by atoms with E-state index in [1.807, 2.05) is 25.1 Å². The van der Waals surface area contributed by atoms with E-state index in [1.165, 1.54) is 11.1 Å². The molecule has 0 aliphatic heterocycles. The largest absolute Gasteiger partial charge is 0.382 e. The van der Waals surface area contributed by atoms with Crippen molar-refractivity contribution in [3.8, 4) is 6.07 Å². The highest BCUT2D eigenvalue weighted by Crippen LogP contribution is 2.13. The standard InChI is InChI=1S/C14H19NO/c1-3-16-9-5-4-6-14-10-13(11-15)8-7-12(14)2/h7-8,10H,3-6,9H2,1-2H3. The number of nitriles is 1. The van der Waals surface area contributed by atoms with Crippen LogP contribution in [0.15, 0.2) is 18.2 Å². The summed E-state index contributed by atoms with van der Waals surface area (Å²) in [4.78, 5) is 0. The molecule has 0 saturated carbocycles. The van der Waals surface area contributed by atoms with Crippen molar-refractivity contribution in [3.05, 3.63) is 34.9 Å². The van der Waals surface area contributed by atoms with Gasteiger partial charge >= 0.3 is 0 Å². The second-order valence-electron chi connectivity index (χ2n) is 3.91. The Hall–Kier alpha value is -1.33. The van der Waals surface area contributed by atoms with Crippen LogP contribution in [0.5, 0.6) is 0 Å². The van der Waals surface area contributed by atoms with Crippen LogP contribution in [-0.2, 0) is 11.2 Å². The summed E-state index contributed by atoms with van der Waals surface area (Å²) in [6.07, 6.45) is 3.24. The maximum atomic E-state index is 8.82. The molecule has 0 spiro atoms. The van der Waals surface area contributed by atoms with Crippen molar-refractivity contribution in [3.63, 3.8) is 0 Å². The molecule has 0 amide bonds. The summed E-state index contributed by atoms with van der Waals surface area (Å²) in [5.41, 5.74) is 3.32. The van der Waals surface area contributed by atoms with Crippen LogP contribution < -0.4 is 0 Å². The van der Waals surface area contributed by atoms with Gasteiger partial charge in [0.15, 0.2) is 0 Å². The first-order chi connectivity index (χ1) is 7.77. The molecule has 0 aliphatic rings. The van der Waals surface area contributed by atoms with Gasteiger partial charge in [0.1, 0.15) is 0 Å². The van der Waals surface area contributed by atoms with Crippen molar-refractivity contribution in [2.45, 2.75) is 33.1 Å². The Morgan fingerprint density at radius 2 is 2.12 bits per heavy atom. The molecule has 0 aromatic heterocycles. The second kappa shape index (κ2) is 7.03. The highest BCUT2D eigenvalue weighted by atomic mass is 16.5. The van der Waals surface area contributed by atoms with E-state index in [4.69, 9.17) is 10.00 Å². The van der Waals surface area contributed by atoms with Gasteiger partial charge in [-0.25, -0.2) is 0 Å². The van der Waals surface area contributed by atoms with Gasteiger partial charge in [-0.15, -0.1) is 0 Å². The zero-order chi connectivity index (χ0) is 11.8. The molecule has 1 aromatic carbocycles. The molecule has 1 aromatic rings. The van der Waals surface area contributed by atoms with Crippen LogP contribution in [0.4, 0.5) is 0 Å². The number of nitrogens with zero attached hydrogens (tertiary/aromatic N) is 1. The van der Waals surface area contributed by atoms with Crippen LogP contribution in [0, 0.1) is 18.3 Å². The summed E-state index contributed by atoms with van der Waals surface area (Å²) in [6.45, 7) is 5.75. The van der Waals surface area contributed by atoms with Gasteiger partial charge in [0.05, 0.1) is 11.6 Å². The molecule has 0 saturated heterocycles. The number of ether oxygens (including phenoxy) is 1. The topological polar surface area (TPSA) is 33.0 Å². The molecule has 0 fully saturated rings. The van der Waals surface area contributed by atoms with E-state index in [0.29, 0.717) is 0 Å². The first-order valence-electron chi connectivity index (χ1n) is 5.85. The minimum atomic E-state index is 0.755. The minimum Gasteiger partial charge on any atom is -0.382 e. The lowest BCUT2D eigenvalue weighted by molar-refractivity contribution is 0.143. The van der Waals surface area contributed by atoms with Crippen LogP contribution in [0.2, 0.25) is 0 Å². The van der Waals surface area contributed by atoms with Gasteiger partial charge in [0.2, 0.25) is 0 Å².